The van der Waals surface area contributed by atoms with Gasteiger partial charge < -0.3 is 0 Å². The lowest BCUT2D eigenvalue weighted by atomic mass is 10.2. The monoisotopic (exact) mass is 331 g/mol. The van der Waals surface area contributed by atoms with Crippen LogP contribution < -0.4 is 0 Å². The maximum Gasteiger partial charge on any atom is 0.450 e. The van der Waals surface area contributed by atoms with Gasteiger partial charge in [0.25, 0.3) is 0 Å². The summed E-state index contributed by atoms with van der Waals surface area (Å²) in [6.07, 6.45) is -2.39. The second-order valence-corrected chi connectivity index (χ2v) is 5.41. The predicted octanol–water partition coefficient (Wildman–Crippen LogP) is 3.88. The molecule has 0 fully saturated rings. The third kappa shape index (κ3) is 2.22. The highest BCUT2D eigenvalue weighted by Crippen LogP contribution is 2.33. The molecule has 3 aromatic heterocycles. The van der Waals surface area contributed by atoms with E-state index >= 15 is 0 Å². The number of pyridine rings is 1. The molecule has 24 heavy (non-hydrogen) atoms. The van der Waals surface area contributed by atoms with Crippen LogP contribution in [-0.2, 0) is 12.6 Å². The first kappa shape index (κ1) is 14.7. The Hall–Kier alpha value is -2.90. The molecule has 0 unspecified atom stereocenters. The number of aromatic nitrogens is 5. The quantitative estimate of drug-likeness (QED) is 0.606. The van der Waals surface area contributed by atoms with Crippen LogP contribution in [0.5, 0.6) is 0 Å². The van der Waals surface area contributed by atoms with Gasteiger partial charge in [0.2, 0.25) is 5.82 Å². The molecule has 5 nitrogen and oxygen atoms in total. The number of nitrogens with one attached hydrogen (secondary N) is 1. The molecule has 0 radical (unpaired) electrons. The number of alkyl halides is 3. The highest BCUT2D eigenvalue weighted by atomic mass is 19.4. The van der Waals surface area contributed by atoms with Gasteiger partial charge >= 0.3 is 6.18 Å². The van der Waals surface area contributed by atoms with Crippen LogP contribution in [0.2, 0.25) is 0 Å². The Morgan fingerprint density at radius 1 is 1.12 bits per heavy atom. The normalized spacial score (nSPS) is 12.3. The van der Waals surface area contributed by atoms with Crippen LogP contribution in [0.25, 0.3) is 27.8 Å². The van der Waals surface area contributed by atoms with Crippen LogP contribution in [0.3, 0.4) is 0 Å². The summed E-state index contributed by atoms with van der Waals surface area (Å²) in [6, 6.07) is 8.18. The van der Waals surface area contributed by atoms with Crippen molar-refractivity contribution >= 4 is 22.1 Å². The number of benzene rings is 1. The Bertz CT molecular complexity index is 1040. The van der Waals surface area contributed by atoms with Gasteiger partial charge in [0, 0.05) is 16.8 Å². The molecule has 4 rings (SSSR count). The second-order valence-electron chi connectivity index (χ2n) is 5.41. The van der Waals surface area contributed by atoms with E-state index in [1.165, 1.54) is 0 Å². The summed E-state index contributed by atoms with van der Waals surface area (Å²) in [4.78, 5) is 8.10. The second kappa shape index (κ2) is 5.05. The topological polar surface area (TPSA) is 59.4 Å². The van der Waals surface area contributed by atoms with Crippen molar-refractivity contribution < 1.29 is 13.2 Å². The summed E-state index contributed by atoms with van der Waals surface area (Å²) in [5.41, 5.74) is 2.22. The minimum absolute atomic E-state index is 0.199. The fourth-order valence-corrected chi connectivity index (χ4v) is 2.70. The summed E-state index contributed by atoms with van der Waals surface area (Å²) in [5, 5.41) is 7.39. The smallest absolute Gasteiger partial charge is 0.278 e. The van der Waals surface area contributed by atoms with E-state index in [1.807, 2.05) is 6.92 Å². The van der Waals surface area contributed by atoms with Crippen molar-refractivity contribution in [2.75, 3.05) is 0 Å². The zero-order valence-electron chi connectivity index (χ0n) is 12.6. The van der Waals surface area contributed by atoms with Crippen LogP contribution in [0, 0.1) is 0 Å². The average Bonchev–Trinajstić information content (AvgIpc) is 3.16. The number of halogens is 3. The zero-order chi connectivity index (χ0) is 16.9. The number of aromatic amines is 1. The molecule has 8 heteroatoms. The molecule has 4 aromatic rings. The Labute approximate surface area is 134 Å². The molecule has 0 atom stereocenters. The maximum atomic E-state index is 13.5. The Morgan fingerprint density at radius 2 is 1.96 bits per heavy atom. The van der Waals surface area contributed by atoms with Gasteiger partial charge in [0.1, 0.15) is 5.52 Å². The summed E-state index contributed by atoms with van der Waals surface area (Å²) >= 11 is 0. The van der Waals surface area contributed by atoms with E-state index in [2.05, 4.69) is 20.2 Å². The lowest BCUT2D eigenvalue weighted by Gasteiger charge is -2.11. The molecule has 0 aliphatic rings. The summed E-state index contributed by atoms with van der Waals surface area (Å²) in [6.45, 7) is 1.90. The molecule has 1 N–H and O–H groups in total. The van der Waals surface area contributed by atoms with E-state index in [9.17, 15) is 13.2 Å². The maximum absolute atomic E-state index is 13.5. The lowest BCUT2D eigenvalue weighted by molar-refractivity contribution is -0.145. The van der Waals surface area contributed by atoms with Crippen molar-refractivity contribution in [1.29, 1.82) is 0 Å². The van der Waals surface area contributed by atoms with E-state index in [0.29, 0.717) is 23.2 Å². The third-order valence-corrected chi connectivity index (χ3v) is 3.86. The highest BCUT2D eigenvalue weighted by molar-refractivity contribution is 5.82. The van der Waals surface area contributed by atoms with Crippen LogP contribution >= 0.6 is 0 Å². The van der Waals surface area contributed by atoms with Gasteiger partial charge in [-0.3, -0.25) is 9.67 Å². The van der Waals surface area contributed by atoms with Gasteiger partial charge in [-0.25, -0.2) is 9.97 Å². The summed E-state index contributed by atoms with van der Waals surface area (Å²) < 4.78 is 41.5. The van der Waals surface area contributed by atoms with Crippen LogP contribution in [-0.4, -0.2) is 24.7 Å². The van der Waals surface area contributed by atoms with E-state index < -0.39 is 12.0 Å². The fraction of sp³-hybridized carbons (Fsp3) is 0.188. The number of rotatable bonds is 2. The van der Waals surface area contributed by atoms with Crippen LogP contribution in [0.4, 0.5) is 13.2 Å². The molecule has 3 heterocycles. The van der Waals surface area contributed by atoms with Gasteiger partial charge in [-0.15, -0.1) is 0 Å². The number of hydrogen-bond acceptors (Lipinski definition) is 3. The fourth-order valence-electron chi connectivity index (χ4n) is 2.70. The first-order valence-electron chi connectivity index (χ1n) is 7.36. The Balaban J connectivity index is 2.06. The van der Waals surface area contributed by atoms with E-state index in [-0.39, 0.29) is 11.2 Å². The van der Waals surface area contributed by atoms with Crippen molar-refractivity contribution in [2.45, 2.75) is 19.5 Å². The van der Waals surface area contributed by atoms with Crippen molar-refractivity contribution in [3.05, 3.63) is 48.0 Å². The van der Waals surface area contributed by atoms with Crippen molar-refractivity contribution in [3.63, 3.8) is 0 Å². The van der Waals surface area contributed by atoms with Gasteiger partial charge in [-0.2, -0.15) is 18.3 Å². The van der Waals surface area contributed by atoms with E-state index in [4.69, 9.17) is 0 Å². The van der Waals surface area contributed by atoms with Gasteiger partial charge in [0.05, 0.1) is 11.7 Å². The van der Waals surface area contributed by atoms with E-state index in [1.54, 1.807) is 36.5 Å². The number of fused-ring (bicyclic) bond motifs is 2. The molecule has 122 valence electrons. The first-order valence-corrected chi connectivity index (χ1v) is 7.36. The number of hydrogen-bond donors (Lipinski definition) is 1. The molecular formula is C16H12F3N5. The molecule has 0 saturated carbocycles. The molecule has 0 saturated heterocycles. The molecular weight excluding hydrogens is 319 g/mol. The molecule has 1 aromatic carbocycles. The summed E-state index contributed by atoms with van der Waals surface area (Å²) in [7, 11) is 0. The number of aryl methyl sites for hydroxylation is 1. The average molecular weight is 331 g/mol. The summed E-state index contributed by atoms with van der Waals surface area (Å²) in [5.74, 6) is -0.985. The number of nitrogens with zero attached hydrogens (tertiary/aromatic N) is 4. The minimum Gasteiger partial charge on any atom is -0.278 e. The number of imidazole rings is 1. The Morgan fingerprint density at radius 3 is 2.71 bits per heavy atom. The SMILES string of the molecule is CCc1ccc2nc(C(F)(F)F)n(-c3ccc4[nH]ncc4c3)c2n1. The third-order valence-electron chi connectivity index (χ3n) is 3.86. The van der Waals surface area contributed by atoms with Crippen molar-refractivity contribution in [2.24, 2.45) is 0 Å². The van der Waals surface area contributed by atoms with Crippen molar-refractivity contribution in [3.8, 4) is 5.69 Å². The molecule has 0 aliphatic carbocycles. The predicted molar refractivity (Wildman–Crippen MR) is 82.9 cm³/mol. The van der Waals surface area contributed by atoms with Crippen LogP contribution in [0.1, 0.15) is 18.4 Å². The van der Waals surface area contributed by atoms with Gasteiger partial charge in [0.15, 0.2) is 5.65 Å². The van der Waals surface area contributed by atoms with Crippen LogP contribution in [0.15, 0.2) is 36.5 Å². The molecule has 0 aliphatic heterocycles. The van der Waals surface area contributed by atoms with Crippen molar-refractivity contribution in [1.82, 2.24) is 24.7 Å². The first-order chi connectivity index (χ1) is 11.5. The lowest BCUT2D eigenvalue weighted by Crippen LogP contribution is -2.14. The molecule has 0 spiro atoms. The highest BCUT2D eigenvalue weighted by Gasteiger charge is 2.38. The Kier molecular flexibility index (Phi) is 3.09. The largest absolute Gasteiger partial charge is 0.450 e. The molecule has 0 amide bonds. The van der Waals surface area contributed by atoms with Gasteiger partial charge in [-0.1, -0.05) is 6.92 Å². The zero-order valence-corrected chi connectivity index (χ0v) is 12.6. The molecule has 0 bridgehead atoms. The minimum atomic E-state index is -4.58. The number of H-pyrrole nitrogens is 1. The standard InChI is InChI=1S/C16H12F3N5/c1-2-10-3-5-13-14(21-10)24(15(22-13)16(17,18)19)11-4-6-12-9(7-11)8-20-23-12/h3-8H,2H2,1H3,(H,20,23). The van der Waals surface area contributed by atoms with E-state index in [0.717, 1.165) is 10.1 Å². The van der Waals surface area contributed by atoms with Gasteiger partial charge in [-0.05, 0) is 36.8 Å².